The van der Waals surface area contributed by atoms with E-state index in [-0.39, 0.29) is 44.8 Å². The summed E-state index contributed by atoms with van der Waals surface area (Å²) in [5.41, 5.74) is -0.938. The number of amides is 2. The summed E-state index contributed by atoms with van der Waals surface area (Å²) in [5.74, 6) is -1.26. The molecule has 5 rings (SSSR count). The Morgan fingerprint density at radius 1 is 1.26 bits per heavy atom. The third kappa shape index (κ3) is 5.20. The maximum Gasteiger partial charge on any atom is 0.408 e. The molecule has 3 fully saturated rings. The van der Waals surface area contributed by atoms with Gasteiger partial charge in [-0.2, -0.15) is 13.2 Å². The Morgan fingerprint density at radius 2 is 1.97 bits per heavy atom. The molecular weight excluding hydrogens is 545 g/mol. The predicted octanol–water partition coefficient (Wildman–Crippen LogP) is 4.99. The average Bonchev–Trinajstić information content (AvgIpc) is 3.46. The molecular formula is C25H28F5N5O3S. The standard InChI is InChI=1S/C25H28F5N5O3S/c1-3-16(25(28,29)30)32-17-7-14(20(26)27)15(8-31-17)19-18(22(36)35-6-4-5-13(35)2)33-21(39-19)23(37)34-9-24(10-34)11-38-12-24/h7-8,13,16,20H,3-6,9-12H2,1-2H3,(H,31,32)/t13-,16?/m0/s1. The zero-order chi connectivity index (χ0) is 28.1. The van der Waals surface area contributed by atoms with E-state index in [1.54, 1.807) is 9.80 Å². The second-order valence-electron chi connectivity index (χ2n) is 10.4. The van der Waals surface area contributed by atoms with Crippen molar-refractivity contribution in [1.29, 1.82) is 0 Å². The molecule has 2 amide bonds. The summed E-state index contributed by atoms with van der Waals surface area (Å²) in [4.78, 5) is 38.3. The van der Waals surface area contributed by atoms with Crippen LogP contribution in [0.1, 0.15) is 65.4 Å². The number of alkyl halides is 5. The second kappa shape index (κ2) is 10.3. The van der Waals surface area contributed by atoms with Gasteiger partial charge in [0.15, 0.2) is 5.01 Å². The maximum atomic E-state index is 14.3. The van der Waals surface area contributed by atoms with Gasteiger partial charge in [-0.3, -0.25) is 9.59 Å². The third-order valence-corrected chi connectivity index (χ3v) is 8.60. The first kappa shape index (κ1) is 27.7. The van der Waals surface area contributed by atoms with Crippen LogP contribution in [-0.2, 0) is 4.74 Å². The molecule has 3 saturated heterocycles. The van der Waals surface area contributed by atoms with Crippen LogP contribution in [0, 0.1) is 5.41 Å². The molecule has 1 spiro atoms. The highest BCUT2D eigenvalue weighted by atomic mass is 32.1. The summed E-state index contributed by atoms with van der Waals surface area (Å²) in [5, 5.41) is 2.16. The van der Waals surface area contributed by atoms with Gasteiger partial charge in [0.25, 0.3) is 18.2 Å². The molecule has 2 aromatic heterocycles. The van der Waals surface area contributed by atoms with Crippen molar-refractivity contribution in [3.8, 4) is 10.4 Å². The van der Waals surface area contributed by atoms with Crippen LogP contribution in [-0.4, -0.2) is 82.7 Å². The largest absolute Gasteiger partial charge is 0.408 e. The number of halogens is 5. The van der Waals surface area contributed by atoms with E-state index in [2.05, 4.69) is 15.3 Å². The van der Waals surface area contributed by atoms with Gasteiger partial charge in [0.1, 0.15) is 17.6 Å². The predicted molar refractivity (Wildman–Crippen MR) is 133 cm³/mol. The van der Waals surface area contributed by atoms with Crippen molar-refractivity contribution in [2.45, 2.75) is 57.8 Å². The van der Waals surface area contributed by atoms with Gasteiger partial charge in [-0.15, -0.1) is 11.3 Å². The Labute approximate surface area is 225 Å². The van der Waals surface area contributed by atoms with Crippen LogP contribution in [0.25, 0.3) is 10.4 Å². The van der Waals surface area contributed by atoms with Crippen LogP contribution in [0.15, 0.2) is 12.3 Å². The molecule has 0 bridgehead atoms. The van der Waals surface area contributed by atoms with Crippen molar-refractivity contribution in [1.82, 2.24) is 19.8 Å². The van der Waals surface area contributed by atoms with Gasteiger partial charge in [-0.1, -0.05) is 6.92 Å². The lowest BCUT2D eigenvalue weighted by Gasteiger charge is -2.54. The molecule has 3 aliphatic rings. The molecule has 212 valence electrons. The Kier molecular flexibility index (Phi) is 7.29. The zero-order valence-corrected chi connectivity index (χ0v) is 22.2. The van der Waals surface area contributed by atoms with Crippen LogP contribution < -0.4 is 5.32 Å². The van der Waals surface area contributed by atoms with Gasteiger partial charge in [0, 0.05) is 43.0 Å². The number of hydrogen-bond donors (Lipinski definition) is 1. The smallest absolute Gasteiger partial charge is 0.380 e. The minimum Gasteiger partial charge on any atom is -0.380 e. The highest BCUT2D eigenvalue weighted by Crippen LogP contribution is 2.42. The fourth-order valence-corrected chi connectivity index (χ4v) is 6.30. The fourth-order valence-electron chi connectivity index (χ4n) is 5.24. The third-order valence-electron chi connectivity index (χ3n) is 7.52. The van der Waals surface area contributed by atoms with E-state index in [1.807, 2.05) is 6.92 Å². The minimum atomic E-state index is -4.60. The van der Waals surface area contributed by atoms with E-state index >= 15 is 0 Å². The van der Waals surface area contributed by atoms with Crippen LogP contribution >= 0.6 is 11.3 Å². The van der Waals surface area contributed by atoms with E-state index < -0.39 is 36.0 Å². The SMILES string of the molecule is CCC(Nc1cc(C(F)F)c(-c2sc(C(=O)N3CC4(COC4)C3)nc2C(=O)N2CCC[C@@H]2C)cn1)C(F)(F)F. The maximum absolute atomic E-state index is 14.3. The molecule has 0 aromatic carbocycles. The van der Waals surface area contributed by atoms with Crippen LogP contribution in [0.5, 0.6) is 0 Å². The van der Waals surface area contributed by atoms with Crippen molar-refractivity contribution in [2.24, 2.45) is 5.41 Å². The number of pyridine rings is 1. The minimum absolute atomic E-state index is 0.0131. The van der Waals surface area contributed by atoms with Crippen LogP contribution in [0.4, 0.5) is 27.8 Å². The molecule has 1 unspecified atom stereocenters. The van der Waals surface area contributed by atoms with Gasteiger partial charge in [0.05, 0.1) is 23.5 Å². The molecule has 1 N–H and O–H groups in total. The molecule has 14 heteroatoms. The van der Waals surface area contributed by atoms with E-state index in [9.17, 15) is 31.5 Å². The van der Waals surface area contributed by atoms with E-state index in [4.69, 9.17) is 4.74 Å². The second-order valence-corrected chi connectivity index (χ2v) is 11.4. The Hall–Kier alpha value is -2.87. The molecule has 39 heavy (non-hydrogen) atoms. The molecule has 0 aliphatic carbocycles. The highest BCUT2D eigenvalue weighted by molar-refractivity contribution is 7.17. The van der Waals surface area contributed by atoms with Crippen molar-refractivity contribution < 1.29 is 36.3 Å². The number of hydrogen-bond acceptors (Lipinski definition) is 7. The summed E-state index contributed by atoms with van der Waals surface area (Å²) in [7, 11) is 0. The van der Waals surface area contributed by atoms with Gasteiger partial charge < -0.3 is 19.9 Å². The van der Waals surface area contributed by atoms with Crippen molar-refractivity contribution in [2.75, 3.05) is 38.2 Å². The van der Waals surface area contributed by atoms with Gasteiger partial charge >= 0.3 is 6.18 Å². The first-order valence-corrected chi connectivity index (χ1v) is 13.5. The van der Waals surface area contributed by atoms with E-state index in [0.717, 1.165) is 36.4 Å². The molecule has 0 saturated carbocycles. The van der Waals surface area contributed by atoms with Crippen LogP contribution in [0.3, 0.4) is 0 Å². The summed E-state index contributed by atoms with van der Waals surface area (Å²) in [6.07, 6.45) is -5.44. The molecule has 2 aromatic rings. The average molecular weight is 574 g/mol. The van der Waals surface area contributed by atoms with Gasteiger partial charge in [-0.05, 0) is 32.3 Å². The fraction of sp³-hybridized carbons (Fsp3) is 0.600. The highest BCUT2D eigenvalue weighted by Gasteiger charge is 2.51. The summed E-state index contributed by atoms with van der Waals surface area (Å²) in [6, 6.07) is -1.20. The Bertz CT molecular complexity index is 1260. The number of likely N-dealkylation sites (tertiary alicyclic amines) is 2. The van der Waals surface area contributed by atoms with Gasteiger partial charge in [-0.25, -0.2) is 18.7 Å². The number of aromatic nitrogens is 2. The molecule has 0 radical (unpaired) electrons. The van der Waals surface area contributed by atoms with E-state index in [0.29, 0.717) is 32.8 Å². The number of anilines is 1. The first-order valence-electron chi connectivity index (χ1n) is 12.7. The number of thiazole rings is 1. The Morgan fingerprint density at radius 3 is 2.51 bits per heavy atom. The van der Waals surface area contributed by atoms with E-state index in [1.165, 1.54) is 6.92 Å². The normalized spacial score (nSPS) is 21.2. The lowest BCUT2D eigenvalue weighted by Crippen LogP contribution is -2.67. The van der Waals surface area contributed by atoms with Crippen molar-refractivity contribution in [3.63, 3.8) is 0 Å². The molecule has 2 atom stereocenters. The molecule has 3 aliphatic heterocycles. The number of carbonyl (C=O) groups excluding carboxylic acids is 2. The molecule has 5 heterocycles. The number of rotatable bonds is 7. The number of ether oxygens (including phenoxy) is 1. The van der Waals surface area contributed by atoms with Crippen molar-refractivity contribution in [3.05, 3.63) is 28.5 Å². The summed E-state index contributed by atoms with van der Waals surface area (Å²) >= 11 is 0.818. The topological polar surface area (TPSA) is 87.7 Å². The van der Waals surface area contributed by atoms with Crippen molar-refractivity contribution >= 4 is 29.0 Å². The number of nitrogens with one attached hydrogen (secondary N) is 1. The summed E-state index contributed by atoms with van der Waals surface area (Å²) in [6.45, 7) is 5.75. The lowest BCUT2D eigenvalue weighted by atomic mass is 9.78. The van der Waals surface area contributed by atoms with Crippen LogP contribution in [0.2, 0.25) is 0 Å². The Balaban J connectivity index is 1.52. The number of carbonyl (C=O) groups is 2. The quantitative estimate of drug-likeness (QED) is 0.470. The zero-order valence-electron chi connectivity index (χ0n) is 21.4. The first-order chi connectivity index (χ1) is 18.4. The lowest BCUT2D eigenvalue weighted by molar-refractivity contribution is -0.176. The van der Waals surface area contributed by atoms with Gasteiger partial charge in [0.2, 0.25) is 0 Å². The number of nitrogens with zero attached hydrogens (tertiary/aromatic N) is 4. The monoisotopic (exact) mass is 573 g/mol. The summed E-state index contributed by atoms with van der Waals surface area (Å²) < 4.78 is 73.5. The molecule has 8 nitrogen and oxygen atoms in total.